The van der Waals surface area contributed by atoms with Crippen LogP contribution >= 0.6 is 0 Å². The van der Waals surface area contributed by atoms with E-state index in [2.05, 4.69) is 61.8 Å². The monoisotopic (exact) mass is 534 g/mol. The van der Waals surface area contributed by atoms with Gasteiger partial charge in [-0.25, -0.2) is 4.68 Å². The van der Waals surface area contributed by atoms with Crippen LogP contribution in [0.2, 0.25) is 0 Å². The Morgan fingerprint density at radius 2 is 1.70 bits per heavy atom. The topological polar surface area (TPSA) is 88.9 Å². The number of H-pyrrole nitrogens is 1. The predicted octanol–water partition coefficient (Wildman–Crippen LogP) is 5.74. The summed E-state index contributed by atoms with van der Waals surface area (Å²) in [5.41, 5.74) is 4.69. The summed E-state index contributed by atoms with van der Waals surface area (Å²) in [5, 5.41) is 14.2. The van der Waals surface area contributed by atoms with Crippen LogP contribution in [0.4, 0.5) is 0 Å². The average molecular weight is 535 g/mol. The van der Waals surface area contributed by atoms with Crippen LogP contribution in [-0.4, -0.2) is 37.2 Å². The highest BCUT2D eigenvalue weighted by Gasteiger charge is 2.33. The number of aromatic nitrogens is 5. The second-order valence-electron chi connectivity index (χ2n) is 10.7. The average Bonchev–Trinajstić information content (AvgIpc) is 3.67. The second kappa shape index (κ2) is 11.4. The first kappa shape index (κ1) is 26.0. The minimum atomic E-state index is -0.465. The zero-order chi connectivity index (χ0) is 27.5. The van der Waals surface area contributed by atoms with Gasteiger partial charge < -0.3 is 9.72 Å². The SMILES string of the molecule is COc1ccc(CN(Cc2ccccc2)C(c2cc3ccc(C)cc3[nH]c2=O)c2nnnn2C2CCCC2)cc1. The lowest BCUT2D eigenvalue weighted by molar-refractivity contribution is 0.190. The predicted molar refractivity (Wildman–Crippen MR) is 155 cm³/mol. The Balaban J connectivity index is 1.52. The quantitative estimate of drug-likeness (QED) is 0.260. The second-order valence-corrected chi connectivity index (χ2v) is 10.7. The van der Waals surface area contributed by atoms with E-state index < -0.39 is 6.04 Å². The van der Waals surface area contributed by atoms with Gasteiger partial charge in [0.2, 0.25) is 0 Å². The van der Waals surface area contributed by atoms with Crippen LogP contribution in [0.3, 0.4) is 0 Å². The van der Waals surface area contributed by atoms with Crippen LogP contribution in [0.15, 0.2) is 83.7 Å². The van der Waals surface area contributed by atoms with Crippen molar-refractivity contribution in [3.05, 3.63) is 117 Å². The number of fused-ring (bicyclic) bond motifs is 1. The molecule has 8 nitrogen and oxygen atoms in total. The third-order valence-corrected chi connectivity index (χ3v) is 7.90. The maximum Gasteiger partial charge on any atom is 0.253 e. The molecular formula is C32H34N6O2. The Kier molecular flexibility index (Phi) is 7.42. The Bertz CT molecular complexity index is 1640. The van der Waals surface area contributed by atoms with Gasteiger partial charge in [-0.1, -0.05) is 67.4 Å². The maximum atomic E-state index is 13.8. The third kappa shape index (κ3) is 5.40. The number of ether oxygens (including phenoxy) is 1. The summed E-state index contributed by atoms with van der Waals surface area (Å²) in [6.45, 7) is 3.23. The minimum Gasteiger partial charge on any atom is -0.497 e. The largest absolute Gasteiger partial charge is 0.497 e. The zero-order valence-electron chi connectivity index (χ0n) is 23.0. The van der Waals surface area contributed by atoms with Gasteiger partial charge in [0.15, 0.2) is 5.82 Å². The summed E-state index contributed by atoms with van der Waals surface area (Å²) in [7, 11) is 1.67. The smallest absolute Gasteiger partial charge is 0.253 e. The lowest BCUT2D eigenvalue weighted by Crippen LogP contribution is -2.35. The highest BCUT2D eigenvalue weighted by Crippen LogP contribution is 2.35. The number of tetrazole rings is 1. The van der Waals surface area contributed by atoms with Gasteiger partial charge in [-0.15, -0.1) is 5.10 Å². The maximum absolute atomic E-state index is 13.8. The summed E-state index contributed by atoms with van der Waals surface area (Å²) in [4.78, 5) is 19.3. The highest BCUT2D eigenvalue weighted by molar-refractivity contribution is 5.79. The Morgan fingerprint density at radius 1 is 0.975 bits per heavy atom. The van der Waals surface area contributed by atoms with Crippen LogP contribution < -0.4 is 10.3 Å². The van der Waals surface area contributed by atoms with E-state index in [1.807, 2.05) is 54.1 Å². The van der Waals surface area contributed by atoms with Crippen molar-refractivity contribution in [2.45, 2.75) is 57.8 Å². The molecule has 0 spiro atoms. The van der Waals surface area contributed by atoms with E-state index in [-0.39, 0.29) is 11.6 Å². The van der Waals surface area contributed by atoms with E-state index >= 15 is 0 Å². The van der Waals surface area contributed by atoms with Gasteiger partial charge in [0.1, 0.15) is 11.8 Å². The van der Waals surface area contributed by atoms with Crippen molar-refractivity contribution in [1.29, 1.82) is 0 Å². The molecule has 5 aromatic rings. The Hall–Kier alpha value is -4.30. The number of hydrogen-bond donors (Lipinski definition) is 1. The van der Waals surface area contributed by atoms with Gasteiger partial charge in [0, 0.05) is 24.2 Å². The molecule has 0 amide bonds. The Labute approximate surface area is 233 Å². The lowest BCUT2D eigenvalue weighted by Gasteiger charge is -2.32. The first-order valence-electron chi connectivity index (χ1n) is 13.9. The van der Waals surface area contributed by atoms with Crippen molar-refractivity contribution in [2.75, 3.05) is 7.11 Å². The van der Waals surface area contributed by atoms with E-state index in [1.165, 1.54) is 0 Å². The summed E-state index contributed by atoms with van der Waals surface area (Å²) in [6.07, 6.45) is 4.39. The molecule has 2 aromatic heterocycles. The number of rotatable bonds is 9. The van der Waals surface area contributed by atoms with Crippen molar-refractivity contribution >= 4 is 10.9 Å². The molecule has 1 aliphatic rings. The first-order chi connectivity index (χ1) is 19.6. The van der Waals surface area contributed by atoms with Crippen LogP contribution in [0.25, 0.3) is 10.9 Å². The molecule has 1 N–H and O–H groups in total. The number of nitrogens with zero attached hydrogens (tertiary/aromatic N) is 5. The molecule has 6 rings (SSSR count). The van der Waals surface area contributed by atoms with Crippen molar-refractivity contribution in [3.8, 4) is 5.75 Å². The number of nitrogens with one attached hydrogen (secondary N) is 1. The van der Waals surface area contributed by atoms with Crippen molar-refractivity contribution in [2.24, 2.45) is 0 Å². The summed E-state index contributed by atoms with van der Waals surface area (Å²) in [5.74, 6) is 1.51. The van der Waals surface area contributed by atoms with E-state index in [1.54, 1.807) is 7.11 Å². The third-order valence-electron chi connectivity index (χ3n) is 7.90. The van der Waals surface area contributed by atoms with Crippen LogP contribution in [0.1, 0.15) is 65.8 Å². The van der Waals surface area contributed by atoms with Crippen LogP contribution in [0, 0.1) is 6.92 Å². The molecule has 1 saturated carbocycles. The van der Waals surface area contributed by atoms with Gasteiger partial charge in [-0.3, -0.25) is 9.69 Å². The fourth-order valence-electron chi connectivity index (χ4n) is 5.85. The van der Waals surface area contributed by atoms with E-state index in [9.17, 15) is 4.79 Å². The molecular weight excluding hydrogens is 500 g/mol. The van der Waals surface area contributed by atoms with E-state index in [0.29, 0.717) is 24.5 Å². The number of aromatic amines is 1. The zero-order valence-corrected chi connectivity index (χ0v) is 23.0. The van der Waals surface area contributed by atoms with Gasteiger partial charge in [0.05, 0.1) is 13.2 Å². The van der Waals surface area contributed by atoms with Crippen LogP contribution in [-0.2, 0) is 13.1 Å². The summed E-state index contributed by atoms with van der Waals surface area (Å²) in [6, 6.07) is 26.3. The fourth-order valence-corrected chi connectivity index (χ4v) is 5.85. The number of hydrogen-bond acceptors (Lipinski definition) is 6. The molecule has 2 heterocycles. The molecule has 0 saturated heterocycles. The molecule has 40 heavy (non-hydrogen) atoms. The van der Waals surface area contributed by atoms with Gasteiger partial charge in [-0.2, -0.15) is 0 Å². The first-order valence-corrected chi connectivity index (χ1v) is 13.9. The van der Waals surface area contributed by atoms with Crippen molar-refractivity contribution < 1.29 is 4.74 Å². The number of pyridine rings is 1. The molecule has 1 unspecified atom stereocenters. The van der Waals surface area contributed by atoms with Gasteiger partial charge in [0.25, 0.3) is 5.56 Å². The van der Waals surface area contributed by atoms with Crippen LogP contribution in [0.5, 0.6) is 5.75 Å². The number of benzene rings is 3. The van der Waals surface area contributed by atoms with Gasteiger partial charge in [-0.05, 0) is 76.5 Å². The number of methoxy groups -OCH3 is 1. The Morgan fingerprint density at radius 3 is 2.42 bits per heavy atom. The molecule has 8 heteroatoms. The number of aryl methyl sites for hydroxylation is 1. The van der Waals surface area contributed by atoms with Gasteiger partial charge >= 0.3 is 0 Å². The summed E-state index contributed by atoms with van der Waals surface area (Å²) >= 11 is 0. The van der Waals surface area contributed by atoms with E-state index in [4.69, 9.17) is 4.74 Å². The highest BCUT2D eigenvalue weighted by atomic mass is 16.5. The molecule has 1 fully saturated rings. The molecule has 0 bridgehead atoms. The molecule has 0 radical (unpaired) electrons. The standard InChI is InChI=1S/C32H34N6O2/c1-22-12-15-25-19-28(32(39)33-29(25)18-22)30(31-34-35-36-38(31)26-10-6-7-11-26)37(20-23-8-4-3-5-9-23)21-24-13-16-27(40-2)17-14-24/h3-5,8-9,12-19,26,30H,6-7,10-11,20-21H2,1-2H3,(H,33,39). The molecule has 0 aliphatic heterocycles. The van der Waals surface area contributed by atoms with E-state index in [0.717, 1.165) is 59.0 Å². The molecule has 1 aliphatic carbocycles. The molecule has 1 atom stereocenters. The molecule has 204 valence electrons. The lowest BCUT2D eigenvalue weighted by atomic mass is 10.0. The summed E-state index contributed by atoms with van der Waals surface area (Å²) < 4.78 is 7.37. The fraction of sp³-hybridized carbons (Fsp3) is 0.312. The normalized spacial score (nSPS) is 14.7. The van der Waals surface area contributed by atoms with Crippen molar-refractivity contribution in [1.82, 2.24) is 30.1 Å². The molecule has 3 aromatic carbocycles. The minimum absolute atomic E-state index is 0.128. The van der Waals surface area contributed by atoms with Crippen molar-refractivity contribution in [3.63, 3.8) is 0 Å².